The molecule has 5 N–H and O–H groups in total. The molecule has 6 atom stereocenters. The summed E-state index contributed by atoms with van der Waals surface area (Å²) in [7, 11) is 1.97. The number of nitrogens with zero attached hydrogens (tertiary/aromatic N) is 4. The van der Waals surface area contributed by atoms with Gasteiger partial charge in [-0.15, -0.1) is 0 Å². The van der Waals surface area contributed by atoms with Gasteiger partial charge >= 0.3 is 67.3 Å². The molecule has 6 aliphatic heterocycles. The topological polar surface area (TPSA) is 185 Å². The van der Waals surface area contributed by atoms with Crippen molar-refractivity contribution in [3.05, 3.63) is 215 Å². The summed E-state index contributed by atoms with van der Waals surface area (Å²) in [5, 5.41) is 13.8. The van der Waals surface area contributed by atoms with E-state index in [1.165, 1.54) is 109 Å². The number of fused-ring (bicyclic) bond motifs is 3. The number of likely N-dealkylation sites (tertiary alicyclic amines) is 1. The maximum atomic E-state index is 13.1. The Hall–Kier alpha value is -8.09. The van der Waals surface area contributed by atoms with Crippen molar-refractivity contribution in [1.29, 1.82) is 0 Å². The molecule has 6 aromatic heterocycles. The van der Waals surface area contributed by atoms with Gasteiger partial charge in [-0.2, -0.15) is 0 Å². The normalized spacial score (nSPS) is 20.0. The summed E-state index contributed by atoms with van der Waals surface area (Å²) >= 11 is 0. The molecule has 3 saturated heterocycles. The molecule has 0 unspecified atom stereocenters. The molecular formula is C76H82AlB2LiN9O7. The van der Waals surface area contributed by atoms with E-state index < -0.39 is 17.4 Å². The van der Waals surface area contributed by atoms with Crippen LogP contribution in [0.2, 0.25) is 6.82 Å². The number of carbonyl (C=O) groups excluding carboxylic acids is 3. The van der Waals surface area contributed by atoms with Gasteiger partial charge in [0.25, 0.3) is 0 Å². The molecule has 96 heavy (non-hydrogen) atoms. The number of nitrogens with one attached hydrogen (secondary N) is 5. The zero-order chi connectivity index (χ0) is 64.2. The van der Waals surface area contributed by atoms with Crippen LogP contribution in [0, 0.1) is 0 Å². The Morgan fingerprint density at radius 3 is 1.41 bits per heavy atom. The van der Waals surface area contributed by atoms with E-state index in [2.05, 4.69) is 183 Å². The summed E-state index contributed by atoms with van der Waals surface area (Å²) in [6.07, 6.45) is 19.9. The van der Waals surface area contributed by atoms with E-state index in [1.54, 1.807) is 6.82 Å². The number of aromatic amines is 3. The number of H-pyrrole nitrogens is 3. The molecule has 12 aromatic rings. The third-order valence-corrected chi connectivity index (χ3v) is 20.3. The van der Waals surface area contributed by atoms with Crippen molar-refractivity contribution in [2.24, 2.45) is 0 Å². The summed E-state index contributed by atoms with van der Waals surface area (Å²) in [5.74, 6) is 0.0263. The van der Waals surface area contributed by atoms with E-state index in [1.807, 2.05) is 56.1 Å². The van der Waals surface area contributed by atoms with Crippen LogP contribution < -0.4 is 29.5 Å². The third-order valence-electron chi connectivity index (χ3n) is 20.3. The van der Waals surface area contributed by atoms with E-state index in [0.29, 0.717) is 32.1 Å². The van der Waals surface area contributed by atoms with Crippen LogP contribution in [0.15, 0.2) is 165 Å². The Balaban J connectivity index is 0.000000131. The fourth-order valence-corrected chi connectivity index (χ4v) is 16.4. The van der Waals surface area contributed by atoms with Gasteiger partial charge in [0.15, 0.2) is 17.4 Å². The predicted molar refractivity (Wildman–Crippen MR) is 382 cm³/mol. The van der Waals surface area contributed by atoms with Gasteiger partial charge in [0, 0.05) is 156 Å². The standard InChI is InChI=1S/C28H31N3O2.C23H19N3O2.C23H23N3.C2H5B2O3.Al.Li.4H/c1-28(2,3)33-27(32)31-16-23(21-14-29-25-12-5-4-10-19(21)25)24(17-31)22-15-30-13-7-9-18-8-6-11-20(22)26(18)30;27-22-19(16-11-24-18-9-2-1-7-14(16)18)20(23(28)25-22)17-12-26-10-4-6-13-5-3-8-15(17)21(13)26;1-2-9-22-16(7-1)20(13-25-22)18-11-24-12-19(18)21-14-26-10-4-6-15-5-3-8-17(21)23(15)26;1-3-7-6-2-4-5;;;;;;/h4-6,8,10-12,14-15,23-24,29H,7,9,13,16-17H2,1-3H3;1-3,5,7-9,11-12,19-20,24H,4,6,10H2,(H,25,27,28);1-3,5,7-9,13-14,18-19,24-25H,4,6,10-12H2;2H2,1H3;;;;;;/q;;;;;+1;;;;-1/t23-,24-;19-,20-;18-,19-;;;;;;;/m001......./s1. The Bertz CT molecular complexity index is 4870. The van der Waals surface area contributed by atoms with Crippen LogP contribution in [0.1, 0.15) is 127 Å². The molecule has 16 nitrogen and oxygen atoms in total. The molecule has 483 valence electrons. The van der Waals surface area contributed by atoms with Crippen molar-refractivity contribution >= 4 is 115 Å². The smallest absolute Gasteiger partial charge is 1.00 e. The minimum atomic E-state index is -0.521. The summed E-state index contributed by atoms with van der Waals surface area (Å²) in [4.78, 5) is 59.4. The second-order valence-electron chi connectivity index (χ2n) is 27.0. The number of aromatic nitrogens is 6. The molecule has 18 rings (SSSR count). The van der Waals surface area contributed by atoms with Gasteiger partial charge in [-0.3, -0.25) is 14.9 Å². The average molecular weight is 1290 g/mol. The van der Waals surface area contributed by atoms with Crippen molar-refractivity contribution in [2.45, 2.75) is 127 Å². The first kappa shape index (κ1) is 66.5. The maximum Gasteiger partial charge on any atom is 1.00 e. The fraction of sp³-hybridized carbons (Fsp3) is 0.329. The first-order valence-corrected chi connectivity index (χ1v) is 33.5. The number of amides is 3. The van der Waals surface area contributed by atoms with E-state index in [-0.39, 0.29) is 73.9 Å². The number of hydrogen-bond acceptors (Lipinski definition) is 8. The number of rotatable bonds is 10. The van der Waals surface area contributed by atoms with Crippen LogP contribution in [0.3, 0.4) is 0 Å². The molecule has 6 aliphatic rings. The van der Waals surface area contributed by atoms with E-state index in [9.17, 15) is 19.1 Å². The SMILES string of the molecule is CC(C)(C)OC(=O)N1C[C@@H](c2c[nH]c3ccccc23)[C@H](c2cn3c4c(cccc24)CCC3)C1.C[B]OOCB=O.O=C1NC(=O)[C@@H](c2cn3c4c(cccc24)CCC3)[C@@H]1c1c[nH]c2ccccc12.[AlH3].[H-].[Li+].c1ccc2c([C@@H]3CNC[C@H]3c3cn4c5c(cccc35)CCC4)c[nH]c2c1. The second-order valence-corrected chi connectivity index (χ2v) is 27.0. The van der Waals surface area contributed by atoms with Crippen LogP contribution in [-0.4, -0.2) is 122 Å². The van der Waals surface area contributed by atoms with E-state index in [0.717, 1.165) is 84.9 Å². The Morgan fingerprint density at radius 1 is 0.531 bits per heavy atom. The molecule has 0 spiro atoms. The number of carbonyl (C=O) groups is 3. The number of ether oxygens (including phenoxy) is 1. The van der Waals surface area contributed by atoms with Crippen LogP contribution in [0.25, 0.3) is 65.4 Å². The van der Waals surface area contributed by atoms with Crippen molar-refractivity contribution in [3.63, 3.8) is 0 Å². The van der Waals surface area contributed by atoms with Crippen molar-refractivity contribution < 1.29 is 53.8 Å². The molecule has 0 bridgehead atoms. The zero-order valence-corrected chi connectivity index (χ0v) is 54.8. The summed E-state index contributed by atoms with van der Waals surface area (Å²) in [6.45, 7) is 14.1. The monoisotopic (exact) mass is 1290 g/mol. The summed E-state index contributed by atoms with van der Waals surface area (Å²) in [5.41, 5.74) is 18.7. The molecule has 0 aliphatic carbocycles. The molecule has 6 aromatic carbocycles. The number of benzene rings is 6. The van der Waals surface area contributed by atoms with E-state index >= 15 is 0 Å². The van der Waals surface area contributed by atoms with E-state index in [4.69, 9.17) is 4.74 Å². The van der Waals surface area contributed by atoms with Crippen LogP contribution >= 0.6 is 0 Å². The summed E-state index contributed by atoms with van der Waals surface area (Å²) < 4.78 is 22.4. The molecule has 3 fully saturated rings. The van der Waals surface area contributed by atoms with Gasteiger partial charge in [-0.05, 0) is 128 Å². The molecular weight excluding hydrogens is 1210 g/mol. The minimum absolute atomic E-state index is 0. The van der Waals surface area contributed by atoms with Crippen LogP contribution in [0.4, 0.5) is 4.79 Å². The van der Waals surface area contributed by atoms with Crippen molar-refractivity contribution in [2.75, 3.05) is 32.7 Å². The fourth-order valence-electron chi connectivity index (χ4n) is 16.4. The third kappa shape index (κ3) is 12.5. The molecule has 12 heterocycles. The first-order chi connectivity index (χ1) is 45.9. The number of hydrogen-bond donors (Lipinski definition) is 5. The Kier molecular flexibility index (Phi) is 19.5. The zero-order valence-electron chi connectivity index (χ0n) is 55.8. The van der Waals surface area contributed by atoms with Crippen molar-refractivity contribution in [3.8, 4) is 0 Å². The average Bonchev–Trinajstić information content (AvgIpc) is 1.57. The predicted octanol–water partition coefficient (Wildman–Crippen LogP) is 9.86. The van der Waals surface area contributed by atoms with Gasteiger partial charge in [0.05, 0.1) is 28.4 Å². The number of imide groups is 1. The van der Waals surface area contributed by atoms with Gasteiger partial charge in [0.2, 0.25) is 11.8 Å². The van der Waals surface area contributed by atoms with Gasteiger partial charge in [0.1, 0.15) is 5.60 Å². The minimum Gasteiger partial charge on any atom is -1.00 e. The van der Waals surface area contributed by atoms with Crippen LogP contribution in [-0.2, 0) is 67.6 Å². The molecule has 0 saturated carbocycles. The Morgan fingerprint density at radius 2 is 0.927 bits per heavy atom. The van der Waals surface area contributed by atoms with Gasteiger partial charge < -0.3 is 45.0 Å². The number of para-hydroxylation sites is 6. The molecule has 1 radical (unpaired) electrons. The molecule has 3 amide bonds. The Labute approximate surface area is 583 Å². The maximum absolute atomic E-state index is 13.1. The van der Waals surface area contributed by atoms with Gasteiger partial charge in [-0.25, -0.2) is 4.79 Å². The number of aryl methyl sites for hydroxylation is 6. The summed E-state index contributed by atoms with van der Waals surface area (Å²) in [6, 6.07) is 45.0. The second kappa shape index (κ2) is 28.2. The van der Waals surface area contributed by atoms with Gasteiger partial charge in [-0.1, -0.05) is 109 Å². The quantitative estimate of drug-likeness (QED) is 0.0295. The van der Waals surface area contributed by atoms with Crippen molar-refractivity contribution in [1.82, 2.24) is 44.2 Å². The first-order valence-electron chi connectivity index (χ1n) is 33.5. The molecule has 20 heteroatoms. The van der Waals surface area contributed by atoms with Crippen LogP contribution in [0.5, 0.6) is 0 Å². The largest absolute Gasteiger partial charge is 1.00 e.